The van der Waals surface area contributed by atoms with Crippen molar-refractivity contribution in [3.63, 3.8) is 0 Å². The van der Waals surface area contributed by atoms with Crippen LogP contribution in [0.2, 0.25) is 0 Å². The van der Waals surface area contributed by atoms with E-state index in [1.165, 1.54) is 0 Å². The van der Waals surface area contributed by atoms with Crippen molar-refractivity contribution in [2.75, 3.05) is 0 Å². The molecule has 3 aromatic rings. The minimum Gasteiger partial charge on any atom is -0.267 e. The Labute approximate surface area is 124 Å². The number of halogens is 1. The Kier molecular flexibility index (Phi) is 2.99. The molecule has 0 amide bonds. The summed E-state index contributed by atoms with van der Waals surface area (Å²) < 4.78 is 2.86. The Balaban J connectivity index is 2.40. The second kappa shape index (κ2) is 4.67. The standard InChI is InChI=1S/C15H10IN3/c1-19-15(14(16)9-18-19)12-7-6-10-4-2-3-5-11(10)13(12)8-17/h2-7,9H,1H3. The third-order valence-electron chi connectivity index (χ3n) is 3.19. The first-order valence-corrected chi connectivity index (χ1v) is 6.90. The molecule has 0 unspecified atom stereocenters. The molecule has 0 saturated heterocycles. The molecule has 3 rings (SSSR count). The summed E-state index contributed by atoms with van der Waals surface area (Å²) in [6.45, 7) is 0. The Morgan fingerprint density at radius 1 is 1.21 bits per heavy atom. The SMILES string of the molecule is Cn1ncc(I)c1-c1ccc2ccccc2c1C#N. The molecule has 0 spiro atoms. The zero-order valence-electron chi connectivity index (χ0n) is 10.3. The molecule has 0 aliphatic heterocycles. The van der Waals surface area contributed by atoms with Crippen LogP contribution in [0.25, 0.3) is 22.0 Å². The molecule has 0 fully saturated rings. The van der Waals surface area contributed by atoms with Crippen molar-refractivity contribution in [2.45, 2.75) is 0 Å². The Morgan fingerprint density at radius 2 is 2.00 bits per heavy atom. The van der Waals surface area contributed by atoms with Crippen LogP contribution in [-0.4, -0.2) is 9.78 Å². The Bertz CT molecular complexity index is 792. The maximum absolute atomic E-state index is 9.51. The van der Waals surface area contributed by atoms with Gasteiger partial charge in [-0.1, -0.05) is 36.4 Å². The highest BCUT2D eigenvalue weighted by Crippen LogP contribution is 2.32. The third kappa shape index (κ3) is 1.90. The van der Waals surface area contributed by atoms with Gasteiger partial charge in [-0.2, -0.15) is 10.4 Å². The van der Waals surface area contributed by atoms with Crippen molar-refractivity contribution in [3.05, 3.63) is 51.7 Å². The molecule has 0 radical (unpaired) electrons. The maximum atomic E-state index is 9.51. The van der Waals surface area contributed by atoms with Gasteiger partial charge in [-0.3, -0.25) is 4.68 Å². The van der Waals surface area contributed by atoms with Crippen LogP contribution >= 0.6 is 22.6 Å². The predicted octanol–water partition coefficient (Wildman–Crippen LogP) is 3.72. The second-order valence-electron chi connectivity index (χ2n) is 4.29. The molecule has 1 aromatic heterocycles. The van der Waals surface area contributed by atoms with E-state index in [9.17, 15) is 5.26 Å². The van der Waals surface area contributed by atoms with Crippen LogP contribution in [0.5, 0.6) is 0 Å². The van der Waals surface area contributed by atoms with Gasteiger partial charge in [-0.05, 0) is 28.0 Å². The van der Waals surface area contributed by atoms with Gasteiger partial charge in [0.05, 0.1) is 21.0 Å². The maximum Gasteiger partial charge on any atom is 0.100 e. The third-order valence-corrected chi connectivity index (χ3v) is 3.98. The zero-order chi connectivity index (χ0) is 13.4. The molecule has 0 N–H and O–H groups in total. The van der Waals surface area contributed by atoms with E-state index in [4.69, 9.17) is 0 Å². The Morgan fingerprint density at radius 3 is 2.68 bits per heavy atom. The van der Waals surface area contributed by atoms with Crippen LogP contribution in [0.15, 0.2) is 42.6 Å². The summed E-state index contributed by atoms with van der Waals surface area (Å²) in [5.41, 5.74) is 2.63. The monoisotopic (exact) mass is 359 g/mol. The topological polar surface area (TPSA) is 41.6 Å². The lowest BCUT2D eigenvalue weighted by atomic mass is 9.98. The van der Waals surface area contributed by atoms with E-state index in [2.05, 4.69) is 39.8 Å². The smallest absolute Gasteiger partial charge is 0.100 e. The first-order valence-electron chi connectivity index (χ1n) is 5.82. The summed E-state index contributed by atoms with van der Waals surface area (Å²) in [7, 11) is 1.90. The molecule has 0 aliphatic carbocycles. The van der Waals surface area contributed by atoms with Gasteiger partial charge < -0.3 is 0 Å². The van der Waals surface area contributed by atoms with Gasteiger partial charge in [0.15, 0.2) is 0 Å². The predicted molar refractivity (Wildman–Crippen MR) is 83.6 cm³/mol. The fourth-order valence-corrected chi connectivity index (χ4v) is 3.07. The summed E-state index contributed by atoms with van der Waals surface area (Å²) in [6.07, 6.45) is 1.81. The number of fused-ring (bicyclic) bond motifs is 1. The van der Waals surface area contributed by atoms with Crippen molar-refractivity contribution >= 4 is 33.4 Å². The molecule has 1 heterocycles. The summed E-state index contributed by atoms with van der Waals surface area (Å²) in [4.78, 5) is 0. The average Bonchev–Trinajstić information content (AvgIpc) is 2.77. The van der Waals surface area contributed by atoms with Crippen LogP contribution < -0.4 is 0 Å². The highest BCUT2D eigenvalue weighted by atomic mass is 127. The van der Waals surface area contributed by atoms with Gasteiger partial charge in [0.2, 0.25) is 0 Å². The number of nitriles is 1. The van der Waals surface area contributed by atoms with Gasteiger partial charge in [0, 0.05) is 18.0 Å². The molecule has 3 nitrogen and oxygen atoms in total. The number of nitrogens with zero attached hydrogens (tertiary/aromatic N) is 3. The van der Waals surface area contributed by atoms with Crippen molar-refractivity contribution < 1.29 is 0 Å². The van der Waals surface area contributed by atoms with E-state index >= 15 is 0 Å². The van der Waals surface area contributed by atoms with Gasteiger partial charge >= 0.3 is 0 Å². The van der Waals surface area contributed by atoms with Gasteiger partial charge in [-0.15, -0.1) is 0 Å². The van der Waals surface area contributed by atoms with E-state index in [0.717, 1.165) is 25.6 Å². The summed E-state index contributed by atoms with van der Waals surface area (Å²) in [5, 5.41) is 15.8. The zero-order valence-corrected chi connectivity index (χ0v) is 12.4. The molecular formula is C15H10IN3. The van der Waals surface area contributed by atoms with Gasteiger partial charge in [-0.25, -0.2) is 0 Å². The van der Waals surface area contributed by atoms with E-state index in [1.807, 2.05) is 48.3 Å². The summed E-state index contributed by atoms with van der Waals surface area (Å²) >= 11 is 2.25. The first kappa shape index (κ1) is 12.2. The lowest BCUT2D eigenvalue weighted by Gasteiger charge is -2.08. The van der Waals surface area contributed by atoms with E-state index < -0.39 is 0 Å². The normalized spacial score (nSPS) is 10.6. The highest BCUT2D eigenvalue weighted by Gasteiger charge is 2.15. The Hall–Kier alpha value is -1.87. The molecular weight excluding hydrogens is 349 g/mol. The van der Waals surface area contributed by atoms with Gasteiger partial charge in [0.1, 0.15) is 6.07 Å². The first-order chi connectivity index (χ1) is 9.22. The molecule has 4 heteroatoms. The van der Waals surface area contributed by atoms with E-state index in [0.29, 0.717) is 5.56 Å². The quantitative estimate of drug-likeness (QED) is 0.622. The molecule has 0 bridgehead atoms. The number of aromatic nitrogens is 2. The lowest BCUT2D eigenvalue weighted by molar-refractivity contribution is 0.775. The average molecular weight is 359 g/mol. The van der Waals surface area contributed by atoms with Crippen molar-refractivity contribution in [1.29, 1.82) is 5.26 Å². The van der Waals surface area contributed by atoms with Crippen LogP contribution in [0.4, 0.5) is 0 Å². The van der Waals surface area contributed by atoms with Gasteiger partial charge in [0.25, 0.3) is 0 Å². The van der Waals surface area contributed by atoms with Crippen molar-refractivity contribution in [1.82, 2.24) is 9.78 Å². The summed E-state index contributed by atoms with van der Waals surface area (Å²) in [5.74, 6) is 0. The number of rotatable bonds is 1. The highest BCUT2D eigenvalue weighted by molar-refractivity contribution is 14.1. The largest absolute Gasteiger partial charge is 0.267 e. The minimum absolute atomic E-state index is 0.708. The van der Waals surface area contributed by atoms with Crippen LogP contribution in [-0.2, 0) is 7.05 Å². The second-order valence-corrected chi connectivity index (χ2v) is 5.45. The molecule has 2 aromatic carbocycles. The number of hydrogen-bond acceptors (Lipinski definition) is 2. The summed E-state index contributed by atoms with van der Waals surface area (Å²) in [6, 6.07) is 14.3. The van der Waals surface area contributed by atoms with Crippen LogP contribution in [0.1, 0.15) is 5.56 Å². The molecule has 19 heavy (non-hydrogen) atoms. The molecule has 0 saturated carbocycles. The van der Waals surface area contributed by atoms with Crippen LogP contribution in [0.3, 0.4) is 0 Å². The van der Waals surface area contributed by atoms with E-state index in [1.54, 1.807) is 0 Å². The number of aryl methyl sites for hydroxylation is 1. The van der Waals surface area contributed by atoms with E-state index in [-0.39, 0.29) is 0 Å². The molecule has 0 atom stereocenters. The fourth-order valence-electron chi connectivity index (χ4n) is 2.30. The molecule has 92 valence electrons. The van der Waals surface area contributed by atoms with Crippen LogP contribution in [0, 0.1) is 14.9 Å². The van der Waals surface area contributed by atoms with Crippen molar-refractivity contribution in [2.24, 2.45) is 7.05 Å². The number of benzene rings is 2. The number of hydrogen-bond donors (Lipinski definition) is 0. The minimum atomic E-state index is 0.708. The lowest BCUT2D eigenvalue weighted by Crippen LogP contribution is -1.97. The fraction of sp³-hybridized carbons (Fsp3) is 0.0667. The van der Waals surface area contributed by atoms with Crippen molar-refractivity contribution in [3.8, 4) is 17.3 Å². The molecule has 0 aliphatic rings.